The third-order valence-electron chi connectivity index (χ3n) is 8.01. The standard InChI is InChI=1S/C32H36N2O2/c1-3-30(34-22-24-10-6-4-7-11-24)32(26-12-8-5-9-13-26)17-14-27(15-18-32)36-29-21-25-16-19-33-31(35)28(25)20-23(29)2/h4-13,16,19-21,27,30,34H,3,14-15,17-18,22H2,1-2H3,(H,33,35). The number of benzene rings is 3. The van der Waals surface area contributed by atoms with Crippen LogP contribution in [0.5, 0.6) is 5.75 Å². The zero-order valence-corrected chi connectivity index (χ0v) is 21.3. The Labute approximate surface area is 213 Å². The molecule has 1 saturated carbocycles. The minimum absolute atomic E-state index is 0.0546. The van der Waals surface area contributed by atoms with Crippen molar-refractivity contribution in [1.82, 2.24) is 10.3 Å². The Balaban J connectivity index is 1.35. The maximum absolute atomic E-state index is 12.2. The van der Waals surface area contributed by atoms with Gasteiger partial charge in [0.1, 0.15) is 5.75 Å². The molecule has 1 heterocycles. The van der Waals surface area contributed by atoms with Crippen LogP contribution in [-0.2, 0) is 12.0 Å². The van der Waals surface area contributed by atoms with Crippen LogP contribution in [0.1, 0.15) is 55.7 Å². The third-order valence-corrected chi connectivity index (χ3v) is 8.01. The lowest BCUT2D eigenvalue weighted by molar-refractivity contribution is 0.0950. The summed E-state index contributed by atoms with van der Waals surface area (Å²) in [6.07, 6.45) is 7.11. The summed E-state index contributed by atoms with van der Waals surface area (Å²) in [5, 5.41) is 5.55. The van der Waals surface area contributed by atoms with E-state index in [2.05, 4.69) is 77.9 Å². The third kappa shape index (κ3) is 4.96. The quantitative estimate of drug-likeness (QED) is 0.296. The average Bonchev–Trinajstić information content (AvgIpc) is 2.92. The van der Waals surface area contributed by atoms with Crippen LogP contribution >= 0.6 is 0 Å². The molecule has 0 bridgehead atoms. The molecule has 0 amide bonds. The first-order chi connectivity index (χ1) is 17.6. The number of ether oxygens (including phenoxy) is 1. The highest BCUT2D eigenvalue weighted by Crippen LogP contribution is 2.44. The van der Waals surface area contributed by atoms with Gasteiger partial charge in [-0.05, 0) is 79.3 Å². The minimum Gasteiger partial charge on any atom is -0.490 e. The maximum Gasteiger partial charge on any atom is 0.255 e. The van der Waals surface area contributed by atoms with Crippen molar-refractivity contribution >= 4 is 10.8 Å². The number of hydrogen-bond acceptors (Lipinski definition) is 3. The van der Waals surface area contributed by atoms with Crippen LogP contribution in [0.25, 0.3) is 10.8 Å². The molecule has 2 N–H and O–H groups in total. The molecule has 3 aromatic carbocycles. The van der Waals surface area contributed by atoms with Gasteiger partial charge < -0.3 is 15.0 Å². The summed E-state index contributed by atoms with van der Waals surface area (Å²) >= 11 is 0. The molecule has 1 aromatic heterocycles. The summed E-state index contributed by atoms with van der Waals surface area (Å²) in [6, 6.07) is 28.0. The van der Waals surface area contributed by atoms with Gasteiger partial charge in [-0.3, -0.25) is 4.79 Å². The van der Waals surface area contributed by atoms with Gasteiger partial charge in [-0.25, -0.2) is 0 Å². The number of nitrogens with one attached hydrogen (secondary N) is 2. The molecule has 4 aromatic rings. The van der Waals surface area contributed by atoms with E-state index in [-0.39, 0.29) is 17.1 Å². The van der Waals surface area contributed by atoms with Crippen molar-refractivity contribution in [2.24, 2.45) is 0 Å². The van der Waals surface area contributed by atoms with E-state index in [4.69, 9.17) is 4.74 Å². The van der Waals surface area contributed by atoms with Gasteiger partial charge in [0.15, 0.2) is 0 Å². The van der Waals surface area contributed by atoms with E-state index in [1.807, 2.05) is 25.1 Å². The molecule has 0 spiro atoms. The van der Waals surface area contributed by atoms with Crippen LogP contribution < -0.4 is 15.6 Å². The number of aryl methyl sites for hydroxylation is 1. The second-order valence-corrected chi connectivity index (χ2v) is 10.2. The van der Waals surface area contributed by atoms with Crippen LogP contribution in [0.3, 0.4) is 0 Å². The second kappa shape index (κ2) is 10.7. The number of aromatic nitrogens is 1. The van der Waals surface area contributed by atoms with Gasteiger partial charge in [0.2, 0.25) is 0 Å². The maximum atomic E-state index is 12.2. The van der Waals surface area contributed by atoms with Gasteiger partial charge in [-0.2, -0.15) is 0 Å². The first-order valence-corrected chi connectivity index (χ1v) is 13.2. The fourth-order valence-corrected chi connectivity index (χ4v) is 6.03. The lowest BCUT2D eigenvalue weighted by atomic mass is 9.63. The summed E-state index contributed by atoms with van der Waals surface area (Å²) < 4.78 is 6.57. The smallest absolute Gasteiger partial charge is 0.255 e. The molecule has 0 saturated heterocycles. The van der Waals surface area contributed by atoms with Crippen LogP contribution in [0.15, 0.2) is 89.9 Å². The highest BCUT2D eigenvalue weighted by molar-refractivity contribution is 5.83. The van der Waals surface area contributed by atoms with E-state index >= 15 is 0 Å². The van der Waals surface area contributed by atoms with Crippen LogP contribution in [0, 0.1) is 6.92 Å². The van der Waals surface area contributed by atoms with Crippen molar-refractivity contribution < 1.29 is 4.74 Å². The molecular formula is C32H36N2O2. The molecule has 4 nitrogen and oxygen atoms in total. The fourth-order valence-electron chi connectivity index (χ4n) is 6.03. The Kier molecular flexibility index (Phi) is 7.24. The van der Waals surface area contributed by atoms with E-state index in [1.54, 1.807) is 6.20 Å². The number of H-pyrrole nitrogens is 1. The first kappa shape index (κ1) is 24.3. The van der Waals surface area contributed by atoms with Crippen LogP contribution in [-0.4, -0.2) is 17.1 Å². The predicted octanol–water partition coefficient (Wildman–Crippen LogP) is 6.66. The fraction of sp³-hybridized carbons (Fsp3) is 0.344. The molecule has 4 heteroatoms. The van der Waals surface area contributed by atoms with Crippen molar-refractivity contribution in [3.05, 3.63) is 112 Å². The van der Waals surface area contributed by atoms with E-state index in [0.29, 0.717) is 11.4 Å². The number of rotatable bonds is 8. The molecule has 186 valence electrons. The summed E-state index contributed by atoms with van der Waals surface area (Å²) in [6.45, 7) is 5.21. The SMILES string of the molecule is CCC(NCc1ccccc1)C1(c2ccccc2)CCC(Oc2cc3cc[nH]c(=O)c3cc2C)CC1. The normalized spacial score (nSPS) is 20.8. The highest BCUT2D eigenvalue weighted by Gasteiger charge is 2.43. The Morgan fingerprint density at radius 1 is 1.00 bits per heavy atom. The van der Waals surface area contributed by atoms with Crippen LogP contribution in [0.2, 0.25) is 0 Å². The predicted molar refractivity (Wildman–Crippen MR) is 148 cm³/mol. The van der Waals surface area contributed by atoms with E-state index in [9.17, 15) is 4.79 Å². The molecule has 0 radical (unpaired) electrons. The Morgan fingerprint density at radius 2 is 1.69 bits per heavy atom. The molecule has 1 aliphatic carbocycles. The summed E-state index contributed by atoms with van der Waals surface area (Å²) in [5.41, 5.74) is 3.78. The number of hydrogen-bond donors (Lipinski definition) is 2. The number of pyridine rings is 1. The van der Waals surface area contributed by atoms with Gasteiger partial charge in [-0.1, -0.05) is 67.6 Å². The minimum atomic E-state index is -0.0546. The van der Waals surface area contributed by atoms with Gasteiger partial charge in [0.25, 0.3) is 5.56 Å². The zero-order chi connectivity index (χ0) is 25.0. The highest BCUT2D eigenvalue weighted by atomic mass is 16.5. The van der Waals surface area contributed by atoms with Crippen molar-refractivity contribution in [1.29, 1.82) is 0 Å². The zero-order valence-electron chi connectivity index (χ0n) is 21.3. The van der Waals surface area contributed by atoms with E-state index in [1.165, 1.54) is 11.1 Å². The van der Waals surface area contributed by atoms with Crippen molar-refractivity contribution in [2.75, 3.05) is 0 Å². The number of fused-ring (bicyclic) bond motifs is 1. The largest absolute Gasteiger partial charge is 0.490 e. The van der Waals surface area contributed by atoms with Gasteiger partial charge in [-0.15, -0.1) is 0 Å². The summed E-state index contributed by atoms with van der Waals surface area (Å²) in [4.78, 5) is 14.9. The van der Waals surface area contributed by atoms with Crippen molar-refractivity contribution in [2.45, 2.75) is 70.1 Å². The van der Waals surface area contributed by atoms with Gasteiger partial charge >= 0.3 is 0 Å². The van der Waals surface area contributed by atoms with Gasteiger partial charge in [0.05, 0.1) is 6.10 Å². The Morgan fingerprint density at radius 3 is 2.39 bits per heavy atom. The lowest BCUT2D eigenvalue weighted by Gasteiger charge is -2.46. The molecule has 36 heavy (non-hydrogen) atoms. The monoisotopic (exact) mass is 480 g/mol. The summed E-state index contributed by atoms with van der Waals surface area (Å²) in [5.74, 6) is 0.888. The van der Waals surface area contributed by atoms with Crippen molar-refractivity contribution in [3.8, 4) is 5.75 Å². The van der Waals surface area contributed by atoms with Gasteiger partial charge in [0, 0.05) is 29.6 Å². The molecular weight excluding hydrogens is 444 g/mol. The molecule has 1 aliphatic rings. The Bertz CT molecular complexity index is 1340. The molecule has 0 aliphatic heterocycles. The topological polar surface area (TPSA) is 54.1 Å². The molecule has 5 rings (SSSR count). The molecule has 1 atom stereocenters. The first-order valence-electron chi connectivity index (χ1n) is 13.2. The van der Waals surface area contributed by atoms with E-state index in [0.717, 1.165) is 55.3 Å². The Hall–Kier alpha value is -3.37. The summed E-state index contributed by atoms with van der Waals surface area (Å²) in [7, 11) is 0. The average molecular weight is 481 g/mol. The number of aromatic amines is 1. The van der Waals surface area contributed by atoms with Crippen molar-refractivity contribution in [3.63, 3.8) is 0 Å². The second-order valence-electron chi connectivity index (χ2n) is 10.2. The lowest BCUT2D eigenvalue weighted by Crippen LogP contribution is -2.51. The van der Waals surface area contributed by atoms with E-state index < -0.39 is 0 Å². The molecule has 1 fully saturated rings. The molecule has 1 unspecified atom stereocenters. The van der Waals surface area contributed by atoms with Crippen LogP contribution in [0.4, 0.5) is 0 Å².